The van der Waals surface area contributed by atoms with Crippen molar-refractivity contribution in [1.82, 2.24) is 10.3 Å². The maximum Gasteiger partial charge on any atom is 0.0702 e. The van der Waals surface area contributed by atoms with Crippen molar-refractivity contribution in [2.45, 2.75) is 0 Å². The van der Waals surface area contributed by atoms with Crippen molar-refractivity contribution in [2.75, 3.05) is 13.6 Å². The van der Waals surface area contributed by atoms with Gasteiger partial charge in [-0.15, -0.1) is 0 Å². The Morgan fingerprint density at radius 2 is 2.27 bits per heavy atom. The van der Waals surface area contributed by atoms with E-state index in [1.54, 1.807) is 0 Å². The van der Waals surface area contributed by atoms with Crippen LogP contribution < -0.4 is 5.32 Å². The molecule has 0 radical (unpaired) electrons. The van der Waals surface area contributed by atoms with Crippen LogP contribution in [0, 0.1) is 0 Å². The summed E-state index contributed by atoms with van der Waals surface area (Å²) >= 11 is 0. The van der Waals surface area contributed by atoms with Gasteiger partial charge in [0.15, 0.2) is 0 Å². The molecule has 0 saturated heterocycles. The van der Waals surface area contributed by atoms with E-state index in [1.165, 1.54) is 10.9 Å². The Morgan fingerprint density at radius 1 is 1.33 bits per heavy atom. The van der Waals surface area contributed by atoms with Crippen molar-refractivity contribution in [3.63, 3.8) is 0 Å². The van der Waals surface area contributed by atoms with Gasteiger partial charge in [-0.25, -0.2) is 0 Å². The monoisotopic (exact) mass is 198 g/mol. The molecule has 0 fully saturated rings. The Balaban J connectivity index is 2.30. The molecular formula is C13H14N2. The van der Waals surface area contributed by atoms with E-state index in [0.29, 0.717) is 0 Å². The molecule has 0 aliphatic heterocycles. The van der Waals surface area contributed by atoms with Crippen molar-refractivity contribution in [2.24, 2.45) is 0 Å². The summed E-state index contributed by atoms with van der Waals surface area (Å²) in [6.07, 6.45) is 6.04. The van der Waals surface area contributed by atoms with Gasteiger partial charge in [0.05, 0.1) is 5.52 Å². The summed E-state index contributed by atoms with van der Waals surface area (Å²) in [7, 11) is 1.94. The molecule has 76 valence electrons. The summed E-state index contributed by atoms with van der Waals surface area (Å²) in [4.78, 5) is 4.28. The molecule has 0 unspecified atom stereocenters. The largest absolute Gasteiger partial charge is 0.316 e. The maximum absolute atomic E-state index is 4.28. The molecule has 0 saturated carbocycles. The van der Waals surface area contributed by atoms with E-state index in [2.05, 4.69) is 40.7 Å². The molecule has 1 N–H and O–H groups in total. The minimum absolute atomic E-state index is 0.894. The first-order chi connectivity index (χ1) is 7.40. The average molecular weight is 198 g/mol. The second kappa shape index (κ2) is 4.71. The first kappa shape index (κ1) is 9.87. The fourth-order valence-corrected chi connectivity index (χ4v) is 1.51. The fourth-order valence-electron chi connectivity index (χ4n) is 1.51. The summed E-state index contributed by atoms with van der Waals surface area (Å²) in [5.74, 6) is 0. The number of pyridine rings is 1. The maximum atomic E-state index is 4.28. The van der Waals surface area contributed by atoms with E-state index in [1.807, 2.05) is 25.4 Å². The normalized spacial score (nSPS) is 11.3. The number of rotatable bonds is 3. The van der Waals surface area contributed by atoms with Gasteiger partial charge in [0.2, 0.25) is 0 Å². The summed E-state index contributed by atoms with van der Waals surface area (Å²) < 4.78 is 0. The van der Waals surface area contributed by atoms with Crippen LogP contribution in [-0.2, 0) is 0 Å². The minimum atomic E-state index is 0.894. The highest BCUT2D eigenvalue weighted by atomic mass is 14.8. The van der Waals surface area contributed by atoms with Gasteiger partial charge < -0.3 is 5.32 Å². The van der Waals surface area contributed by atoms with Crippen LogP contribution in [0.2, 0.25) is 0 Å². The predicted octanol–water partition coefficient (Wildman–Crippen LogP) is 2.47. The van der Waals surface area contributed by atoms with Gasteiger partial charge in [-0.3, -0.25) is 4.98 Å². The van der Waals surface area contributed by atoms with Crippen molar-refractivity contribution in [3.8, 4) is 0 Å². The number of fused-ring (bicyclic) bond motifs is 1. The highest BCUT2D eigenvalue weighted by Crippen LogP contribution is 2.13. The van der Waals surface area contributed by atoms with E-state index >= 15 is 0 Å². The summed E-state index contributed by atoms with van der Waals surface area (Å²) in [6.45, 7) is 0.894. The lowest BCUT2D eigenvalue weighted by atomic mass is 10.1. The number of likely N-dealkylation sites (N-methyl/N-ethyl adjacent to an activating group) is 1. The van der Waals surface area contributed by atoms with E-state index in [-0.39, 0.29) is 0 Å². The number of aromatic nitrogens is 1. The van der Waals surface area contributed by atoms with Gasteiger partial charge in [0.1, 0.15) is 0 Å². The van der Waals surface area contributed by atoms with Gasteiger partial charge in [-0.05, 0) is 30.8 Å². The van der Waals surface area contributed by atoms with Crippen molar-refractivity contribution >= 4 is 17.0 Å². The standard InChI is InChI=1S/C13H14N2/c1-14-8-2-4-11-6-7-13-12(10-11)5-3-9-15-13/h2-7,9-10,14H,8H2,1H3/b4-2+. The van der Waals surface area contributed by atoms with Crippen molar-refractivity contribution < 1.29 is 0 Å². The van der Waals surface area contributed by atoms with Gasteiger partial charge in [-0.2, -0.15) is 0 Å². The average Bonchev–Trinajstić information content (AvgIpc) is 2.29. The van der Waals surface area contributed by atoms with E-state index in [4.69, 9.17) is 0 Å². The first-order valence-corrected chi connectivity index (χ1v) is 5.06. The molecule has 0 aliphatic rings. The smallest absolute Gasteiger partial charge is 0.0702 e. The zero-order valence-electron chi connectivity index (χ0n) is 8.77. The SMILES string of the molecule is CNC/C=C/c1ccc2ncccc2c1. The highest BCUT2D eigenvalue weighted by molar-refractivity contribution is 5.80. The van der Waals surface area contributed by atoms with Gasteiger partial charge in [0, 0.05) is 18.1 Å². The minimum Gasteiger partial charge on any atom is -0.316 e. The molecule has 0 atom stereocenters. The Hall–Kier alpha value is -1.67. The molecule has 2 heteroatoms. The van der Waals surface area contributed by atoms with Crippen molar-refractivity contribution in [3.05, 3.63) is 48.2 Å². The lowest BCUT2D eigenvalue weighted by Gasteiger charge is -1.98. The molecule has 1 heterocycles. The zero-order chi connectivity index (χ0) is 10.5. The highest BCUT2D eigenvalue weighted by Gasteiger charge is 1.93. The molecule has 0 amide bonds. The third-order valence-electron chi connectivity index (χ3n) is 2.26. The second-order valence-corrected chi connectivity index (χ2v) is 3.42. The lowest BCUT2D eigenvalue weighted by Crippen LogP contribution is -2.03. The molecule has 1 aromatic heterocycles. The van der Waals surface area contributed by atoms with Crippen LogP contribution in [0.25, 0.3) is 17.0 Å². The number of nitrogens with zero attached hydrogens (tertiary/aromatic N) is 1. The fraction of sp³-hybridized carbons (Fsp3) is 0.154. The van der Waals surface area contributed by atoms with E-state index in [9.17, 15) is 0 Å². The third kappa shape index (κ3) is 2.42. The number of hydrogen-bond donors (Lipinski definition) is 1. The van der Waals surface area contributed by atoms with Crippen LogP contribution in [0.1, 0.15) is 5.56 Å². The second-order valence-electron chi connectivity index (χ2n) is 3.42. The molecule has 15 heavy (non-hydrogen) atoms. The van der Waals surface area contributed by atoms with Crippen LogP contribution in [0.15, 0.2) is 42.6 Å². The van der Waals surface area contributed by atoms with Crippen LogP contribution in [0.3, 0.4) is 0 Å². The number of nitrogens with one attached hydrogen (secondary N) is 1. The van der Waals surface area contributed by atoms with Gasteiger partial charge in [-0.1, -0.05) is 24.3 Å². The quantitative estimate of drug-likeness (QED) is 0.819. The van der Waals surface area contributed by atoms with Crippen LogP contribution >= 0.6 is 0 Å². The number of hydrogen-bond acceptors (Lipinski definition) is 2. The lowest BCUT2D eigenvalue weighted by molar-refractivity contribution is 0.922. The predicted molar refractivity (Wildman–Crippen MR) is 64.7 cm³/mol. The molecule has 2 rings (SSSR count). The van der Waals surface area contributed by atoms with Gasteiger partial charge in [0.25, 0.3) is 0 Å². The van der Waals surface area contributed by atoms with E-state index < -0.39 is 0 Å². The van der Waals surface area contributed by atoms with Gasteiger partial charge >= 0.3 is 0 Å². The molecule has 0 spiro atoms. The summed E-state index contributed by atoms with van der Waals surface area (Å²) in [5, 5.41) is 4.26. The van der Waals surface area contributed by atoms with Crippen LogP contribution in [0.5, 0.6) is 0 Å². The molecular weight excluding hydrogens is 184 g/mol. The Morgan fingerprint density at radius 3 is 3.13 bits per heavy atom. The Kier molecular flexibility index (Phi) is 3.10. The zero-order valence-corrected chi connectivity index (χ0v) is 8.77. The molecule has 2 nitrogen and oxygen atoms in total. The Labute approximate surface area is 89.7 Å². The molecule has 0 aliphatic carbocycles. The Bertz CT molecular complexity index is 475. The third-order valence-corrected chi connectivity index (χ3v) is 2.26. The first-order valence-electron chi connectivity index (χ1n) is 5.06. The number of benzene rings is 1. The van der Waals surface area contributed by atoms with Crippen molar-refractivity contribution in [1.29, 1.82) is 0 Å². The van der Waals surface area contributed by atoms with Crippen LogP contribution in [-0.4, -0.2) is 18.6 Å². The summed E-state index contributed by atoms with van der Waals surface area (Å²) in [6, 6.07) is 10.3. The van der Waals surface area contributed by atoms with Crippen LogP contribution in [0.4, 0.5) is 0 Å². The molecule has 0 bridgehead atoms. The van der Waals surface area contributed by atoms with E-state index in [0.717, 1.165) is 12.1 Å². The molecule has 2 aromatic rings. The molecule has 1 aromatic carbocycles. The summed E-state index contributed by atoms with van der Waals surface area (Å²) in [5.41, 5.74) is 2.26. The topological polar surface area (TPSA) is 24.9 Å².